The van der Waals surface area contributed by atoms with E-state index in [1.54, 1.807) is 18.9 Å². The van der Waals surface area contributed by atoms with E-state index < -0.39 is 0 Å². The predicted molar refractivity (Wildman–Crippen MR) is 85.7 cm³/mol. The first kappa shape index (κ1) is 16.2. The van der Waals surface area contributed by atoms with Crippen LogP contribution in [0.15, 0.2) is 16.9 Å². The summed E-state index contributed by atoms with van der Waals surface area (Å²) in [6, 6.07) is 0. The van der Waals surface area contributed by atoms with Crippen molar-refractivity contribution in [1.29, 1.82) is 0 Å². The molecule has 2 amide bonds. The molecule has 24 heavy (non-hydrogen) atoms. The maximum atomic E-state index is 12.6. The second-order valence-electron chi connectivity index (χ2n) is 6.38. The predicted octanol–water partition coefficient (Wildman–Crippen LogP) is 1.26. The molecule has 8 heteroatoms. The third-order valence-electron chi connectivity index (χ3n) is 4.54. The average molecular weight is 331 g/mol. The van der Waals surface area contributed by atoms with Crippen LogP contribution >= 0.6 is 0 Å². The van der Waals surface area contributed by atoms with Crippen LogP contribution in [0.5, 0.6) is 0 Å². The van der Waals surface area contributed by atoms with E-state index in [1.165, 1.54) is 12.5 Å². The van der Waals surface area contributed by atoms with Gasteiger partial charge < -0.3 is 14.6 Å². The van der Waals surface area contributed by atoms with Crippen molar-refractivity contribution in [3.8, 4) is 0 Å². The van der Waals surface area contributed by atoms with Crippen molar-refractivity contribution in [1.82, 2.24) is 25.4 Å². The zero-order valence-electron chi connectivity index (χ0n) is 14.0. The second kappa shape index (κ2) is 6.10. The summed E-state index contributed by atoms with van der Waals surface area (Å²) in [6.07, 6.45) is 4.61. The van der Waals surface area contributed by atoms with Gasteiger partial charge in [-0.15, -0.1) is 0 Å². The third kappa shape index (κ3) is 2.79. The summed E-state index contributed by atoms with van der Waals surface area (Å²) in [7, 11) is 1.59. The molecule has 1 fully saturated rings. The van der Waals surface area contributed by atoms with E-state index in [0.717, 1.165) is 18.5 Å². The number of nitrogens with one attached hydrogen (secondary N) is 2. The van der Waals surface area contributed by atoms with Crippen LogP contribution in [0.1, 0.15) is 52.2 Å². The highest BCUT2D eigenvalue weighted by molar-refractivity contribution is 5.95. The molecule has 1 saturated heterocycles. The highest BCUT2D eigenvalue weighted by Gasteiger charge is 2.39. The van der Waals surface area contributed by atoms with E-state index in [1.807, 2.05) is 6.92 Å². The molecule has 1 unspecified atom stereocenters. The number of rotatable bonds is 3. The van der Waals surface area contributed by atoms with Gasteiger partial charge in [0.15, 0.2) is 11.6 Å². The summed E-state index contributed by atoms with van der Waals surface area (Å²) in [6.45, 7) is 4.89. The van der Waals surface area contributed by atoms with Gasteiger partial charge in [-0.3, -0.25) is 14.7 Å². The number of carbonyl (C=O) groups is 2. The number of H-pyrrole nitrogens is 1. The minimum Gasteiger partial charge on any atom is -0.448 e. The number of piperidine rings is 1. The number of aromatic nitrogens is 3. The fourth-order valence-electron chi connectivity index (χ4n) is 3.29. The Morgan fingerprint density at radius 3 is 2.92 bits per heavy atom. The molecule has 0 aliphatic carbocycles. The number of aryl methyl sites for hydroxylation is 1. The molecule has 0 spiro atoms. The summed E-state index contributed by atoms with van der Waals surface area (Å²) in [4.78, 5) is 30.6. The monoisotopic (exact) mass is 331 g/mol. The van der Waals surface area contributed by atoms with E-state index in [4.69, 9.17) is 4.42 Å². The van der Waals surface area contributed by atoms with Crippen molar-refractivity contribution >= 4 is 11.8 Å². The van der Waals surface area contributed by atoms with Gasteiger partial charge in [-0.05, 0) is 12.8 Å². The summed E-state index contributed by atoms with van der Waals surface area (Å²) >= 11 is 0. The lowest BCUT2D eigenvalue weighted by Gasteiger charge is -2.40. The number of amides is 2. The van der Waals surface area contributed by atoms with Crippen molar-refractivity contribution in [2.45, 2.75) is 32.1 Å². The van der Waals surface area contributed by atoms with Gasteiger partial charge in [0.1, 0.15) is 6.26 Å². The highest BCUT2D eigenvalue weighted by atomic mass is 16.3. The zero-order valence-corrected chi connectivity index (χ0v) is 14.0. The normalized spacial score (nSPS) is 20.9. The standard InChI is InChI=1S/C16H21N5O3/c1-10-19-12(8-24-10)15(23)21-6-4-5-16(2,9-21)13-11(7-18-20-13)14(22)17-3/h7-8H,4-6,9H2,1-3H3,(H,17,22)(H,18,20). The van der Waals surface area contributed by atoms with Crippen molar-refractivity contribution in [2.75, 3.05) is 20.1 Å². The summed E-state index contributed by atoms with van der Waals surface area (Å²) in [5.41, 5.74) is 1.22. The van der Waals surface area contributed by atoms with Gasteiger partial charge in [0, 0.05) is 32.5 Å². The first-order valence-corrected chi connectivity index (χ1v) is 7.92. The molecule has 2 N–H and O–H groups in total. The fraction of sp³-hybridized carbons (Fsp3) is 0.500. The van der Waals surface area contributed by atoms with E-state index in [0.29, 0.717) is 30.2 Å². The fourth-order valence-corrected chi connectivity index (χ4v) is 3.29. The number of oxazole rings is 1. The molecule has 1 atom stereocenters. The van der Waals surface area contributed by atoms with Crippen LogP contribution in [0.2, 0.25) is 0 Å². The van der Waals surface area contributed by atoms with Gasteiger partial charge in [-0.25, -0.2) is 4.98 Å². The molecule has 2 aromatic heterocycles. The molecule has 2 aromatic rings. The number of nitrogens with zero attached hydrogens (tertiary/aromatic N) is 3. The SMILES string of the molecule is CNC(=O)c1cn[nH]c1C1(C)CCCN(C(=O)c2coc(C)n2)C1. The Morgan fingerprint density at radius 1 is 1.46 bits per heavy atom. The topological polar surface area (TPSA) is 104 Å². The number of carbonyl (C=O) groups excluding carboxylic acids is 2. The van der Waals surface area contributed by atoms with Gasteiger partial charge >= 0.3 is 0 Å². The molecule has 128 valence electrons. The highest BCUT2D eigenvalue weighted by Crippen LogP contribution is 2.34. The largest absolute Gasteiger partial charge is 0.448 e. The maximum absolute atomic E-state index is 12.6. The lowest BCUT2D eigenvalue weighted by Crippen LogP contribution is -2.48. The van der Waals surface area contributed by atoms with Crippen LogP contribution in [0.3, 0.4) is 0 Å². The second-order valence-corrected chi connectivity index (χ2v) is 6.38. The average Bonchev–Trinajstić information content (AvgIpc) is 3.22. The minimum absolute atomic E-state index is 0.154. The minimum atomic E-state index is -0.370. The third-order valence-corrected chi connectivity index (χ3v) is 4.54. The molecule has 3 heterocycles. The molecule has 0 bridgehead atoms. The lowest BCUT2D eigenvalue weighted by molar-refractivity contribution is 0.0641. The number of likely N-dealkylation sites (tertiary alicyclic amines) is 1. The number of hydrogen-bond donors (Lipinski definition) is 2. The molecule has 0 radical (unpaired) electrons. The first-order chi connectivity index (χ1) is 11.4. The quantitative estimate of drug-likeness (QED) is 0.881. The van der Waals surface area contributed by atoms with E-state index in [2.05, 4.69) is 20.5 Å². The van der Waals surface area contributed by atoms with E-state index >= 15 is 0 Å². The molecule has 0 aromatic carbocycles. The molecular formula is C16H21N5O3. The van der Waals surface area contributed by atoms with Crippen molar-refractivity contribution < 1.29 is 14.0 Å². The maximum Gasteiger partial charge on any atom is 0.275 e. The Bertz CT molecular complexity index is 765. The zero-order chi connectivity index (χ0) is 17.3. The smallest absolute Gasteiger partial charge is 0.275 e. The Kier molecular flexibility index (Phi) is 4.13. The van der Waals surface area contributed by atoms with Gasteiger partial charge in [0.2, 0.25) is 0 Å². The summed E-state index contributed by atoms with van der Waals surface area (Å²) in [5.74, 6) is 0.128. The van der Waals surface area contributed by atoms with Gasteiger partial charge in [0.05, 0.1) is 17.5 Å². The van der Waals surface area contributed by atoms with Crippen LogP contribution in [0.4, 0.5) is 0 Å². The van der Waals surface area contributed by atoms with Crippen LogP contribution in [0.25, 0.3) is 0 Å². The molecule has 1 aliphatic rings. The molecular weight excluding hydrogens is 310 g/mol. The lowest BCUT2D eigenvalue weighted by atomic mass is 9.77. The van der Waals surface area contributed by atoms with E-state index in [9.17, 15) is 9.59 Å². The first-order valence-electron chi connectivity index (χ1n) is 7.92. The Balaban J connectivity index is 1.86. The summed E-state index contributed by atoms with van der Waals surface area (Å²) < 4.78 is 5.14. The van der Waals surface area contributed by atoms with Crippen LogP contribution < -0.4 is 5.32 Å². The van der Waals surface area contributed by atoms with Gasteiger partial charge in [-0.2, -0.15) is 5.10 Å². The Labute approximate surface area is 139 Å². The van der Waals surface area contributed by atoms with Crippen molar-refractivity contribution in [3.05, 3.63) is 35.3 Å². The Hall–Kier alpha value is -2.64. The van der Waals surface area contributed by atoms with Crippen LogP contribution in [-0.2, 0) is 5.41 Å². The number of aromatic amines is 1. The number of hydrogen-bond acceptors (Lipinski definition) is 5. The van der Waals surface area contributed by atoms with Crippen molar-refractivity contribution in [2.24, 2.45) is 0 Å². The molecule has 3 rings (SSSR count). The van der Waals surface area contributed by atoms with Crippen LogP contribution in [-0.4, -0.2) is 52.0 Å². The molecule has 1 aliphatic heterocycles. The van der Waals surface area contributed by atoms with Crippen molar-refractivity contribution in [3.63, 3.8) is 0 Å². The van der Waals surface area contributed by atoms with Gasteiger partial charge in [-0.1, -0.05) is 6.92 Å². The van der Waals surface area contributed by atoms with Gasteiger partial charge in [0.25, 0.3) is 11.8 Å². The summed E-state index contributed by atoms with van der Waals surface area (Å²) in [5, 5.41) is 9.60. The van der Waals surface area contributed by atoms with E-state index in [-0.39, 0.29) is 17.2 Å². The molecule has 8 nitrogen and oxygen atoms in total. The molecule has 0 saturated carbocycles. The Morgan fingerprint density at radius 2 is 2.25 bits per heavy atom. The van der Waals surface area contributed by atoms with Crippen LogP contribution in [0, 0.1) is 6.92 Å².